The summed E-state index contributed by atoms with van der Waals surface area (Å²) in [5, 5.41) is 9.55. The summed E-state index contributed by atoms with van der Waals surface area (Å²) in [4.78, 5) is 13.5. The Hall–Kier alpha value is -2.75. The van der Waals surface area contributed by atoms with Gasteiger partial charge in [0.05, 0.1) is 11.3 Å². The van der Waals surface area contributed by atoms with E-state index in [0.717, 1.165) is 11.0 Å². The summed E-state index contributed by atoms with van der Waals surface area (Å²) in [6.45, 7) is 0. The van der Waals surface area contributed by atoms with E-state index >= 15 is 0 Å². The van der Waals surface area contributed by atoms with E-state index in [1.807, 2.05) is 0 Å². The second-order valence-electron chi connectivity index (χ2n) is 5.85. The third kappa shape index (κ3) is 2.80. The van der Waals surface area contributed by atoms with Crippen molar-refractivity contribution in [1.82, 2.24) is 0 Å². The lowest BCUT2D eigenvalue weighted by atomic mass is 9.91. The number of rotatable bonds is 1. The fraction of sp³-hybridized carbons (Fsp3) is 0.235. The molecule has 4 nitrogen and oxygen atoms in total. The van der Waals surface area contributed by atoms with Crippen LogP contribution in [0, 0.1) is 0 Å². The molecule has 27 heavy (non-hydrogen) atoms. The maximum Gasteiger partial charge on any atom is 0.430 e. The summed E-state index contributed by atoms with van der Waals surface area (Å²) in [6, 6.07) is 7.53. The highest BCUT2D eigenvalue weighted by Gasteiger charge is 2.71. The summed E-state index contributed by atoms with van der Waals surface area (Å²) in [5.74, 6) is -1.02. The van der Waals surface area contributed by atoms with Crippen LogP contribution in [0.1, 0.15) is 15.9 Å². The average molecular weight is 391 g/mol. The van der Waals surface area contributed by atoms with Crippen LogP contribution in [-0.2, 0) is 5.60 Å². The van der Waals surface area contributed by atoms with Gasteiger partial charge in [0.2, 0.25) is 0 Å². The van der Waals surface area contributed by atoms with Crippen LogP contribution in [0.3, 0.4) is 0 Å². The van der Waals surface area contributed by atoms with Crippen molar-refractivity contribution >= 4 is 11.6 Å². The molecule has 1 aliphatic heterocycles. The summed E-state index contributed by atoms with van der Waals surface area (Å²) in [7, 11) is 1.30. The normalized spacial score (nSPS) is 15.0. The van der Waals surface area contributed by atoms with Crippen molar-refractivity contribution in [3.05, 3.63) is 53.6 Å². The van der Waals surface area contributed by atoms with Gasteiger partial charge in [0, 0.05) is 12.6 Å². The third-order valence-electron chi connectivity index (χ3n) is 4.20. The topological polar surface area (TPSA) is 49.8 Å². The minimum atomic E-state index is -6.02. The number of carbonyl (C=O) groups excluding carboxylic acids is 1. The predicted octanol–water partition coefficient (Wildman–Crippen LogP) is 4.38. The molecule has 0 aliphatic carbocycles. The van der Waals surface area contributed by atoms with Crippen LogP contribution in [0.2, 0.25) is 0 Å². The molecule has 0 bridgehead atoms. The molecule has 0 aromatic heterocycles. The number of anilines is 1. The Morgan fingerprint density at radius 2 is 1.52 bits per heavy atom. The van der Waals surface area contributed by atoms with Crippen molar-refractivity contribution in [2.45, 2.75) is 18.0 Å². The van der Waals surface area contributed by atoms with E-state index in [1.165, 1.54) is 31.3 Å². The van der Waals surface area contributed by atoms with Crippen molar-refractivity contribution in [2.75, 3.05) is 11.9 Å². The summed E-state index contributed by atoms with van der Waals surface area (Å²) >= 11 is 0. The van der Waals surface area contributed by atoms with E-state index in [-0.39, 0.29) is 17.0 Å². The second-order valence-corrected chi connectivity index (χ2v) is 5.85. The van der Waals surface area contributed by atoms with Gasteiger partial charge in [-0.1, -0.05) is 18.2 Å². The van der Waals surface area contributed by atoms with Gasteiger partial charge in [-0.2, -0.15) is 26.3 Å². The van der Waals surface area contributed by atoms with Crippen LogP contribution in [0.5, 0.6) is 11.5 Å². The highest BCUT2D eigenvalue weighted by Crippen LogP contribution is 2.51. The molecule has 10 heteroatoms. The molecule has 3 rings (SSSR count). The Morgan fingerprint density at radius 3 is 2.11 bits per heavy atom. The fourth-order valence-corrected chi connectivity index (χ4v) is 2.73. The Morgan fingerprint density at radius 1 is 0.926 bits per heavy atom. The zero-order valence-corrected chi connectivity index (χ0v) is 13.5. The monoisotopic (exact) mass is 391 g/mol. The maximum atomic E-state index is 13.1. The number of carbonyl (C=O) groups is 1. The van der Waals surface area contributed by atoms with Gasteiger partial charge in [-0.05, 0) is 24.3 Å². The van der Waals surface area contributed by atoms with Crippen LogP contribution in [0.15, 0.2) is 42.5 Å². The largest absolute Gasteiger partial charge is 0.454 e. The fourth-order valence-electron chi connectivity index (χ4n) is 2.73. The van der Waals surface area contributed by atoms with Gasteiger partial charge in [-0.15, -0.1) is 0 Å². The molecule has 1 aliphatic rings. The lowest BCUT2D eigenvalue weighted by Gasteiger charge is -2.33. The van der Waals surface area contributed by atoms with E-state index in [9.17, 15) is 36.2 Å². The first-order valence-corrected chi connectivity index (χ1v) is 7.43. The molecule has 2 aromatic carbocycles. The number of aliphatic hydroxyl groups is 1. The molecule has 0 saturated heterocycles. The lowest BCUT2D eigenvalue weighted by Crippen LogP contribution is -2.53. The van der Waals surface area contributed by atoms with Crippen molar-refractivity contribution in [2.24, 2.45) is 0 Å². The molecule has 0 fully saturated rings. The number of hydrogen-bond acceptors (Lipinski definition) is 3. The van der Waals surface area contributed by atoms with E-state index < -0.39 is 35.2 Å². The smallest absolute Gasteiger partial charge is 0.430 e. The quantitative estimate of drug-likeness (QED) is 0.734. The Kier molecular flexibility index (Phi) is 4.14. The molecule has 0 spiro atoms. The highest BCUT2D eigenvalue weighted by atomic mass is 19.4. The van der Waals surface area contributed by atoms with Gasteiger partial charge >= 0.3 is 12.4 Å². The Balaban J connectivity index is 2.21. The highest BCUT2D eigenvalue weighted by molar-refractivity contribution is 6.09. The van der Waals surface area contributed by atoms with Crippen molar-refractivity contribution in [1.29, 1.82) is 0 Å². The first-order chi connectivity index (χ1) is 12.4. The first kappa shape index (κ1) is 19.0. The number of benzene rings is 2. The third-order valence-corrected chi connectivity index (χ3v) is 4.20. The molecule has 0 saturated carbocycles. The van der Waals surface area contributed by atoms with E-state index in [0.29, 0.717) is 12.1 Å². The van der Waals surface area contributed by atoms with Gasteiger partial charge < -0.3 is 14.7 Å². The maximum absolute atomic E-state index is 13.1. The van der Waals surface area contributed by atoms with Gasteiger partial charge in [-0.25, -0.2) is 0 Å². The number of alkyl halides is 6. The molecule has 144 valence electrons. The molecule has 1 amide bonds. The molecule has 2 aromatic rings. The van der Waals surface area contributed by atoms with Crippen LogP contribution in [0.25, 0.3) is 0 Å². The first-order valence-electron chi connectivity index (χ1n) is 7.43. The predicted molar refractivity (Wildman–Crippen MR) is 81.7 cm³/mol. The van der Waals surface area contributed by atoms with Gasteiger partial charge in [0.15, 0.2) is 5.75 Å². The van der Waals surface area contributed by atoms with Crippen LogP contribution in [-0.4, -0.2) is 30.4 Å². The SMILES string of the molecule is CN1C(=O)c2ccccc2Oc2cc(C(O)(C(F)(F)F)C(F)(F)F)ccc21. The minimum Gasteiger partial charge on any atom is -0.454 e. The minimum absolute atomic E-state index is 0.0344. The van der Waals surface area contributed by atoms with E-state index in [1.54, 1.807) is 0 Å². The second kappa shape index (κ2) is 5.88. The van der Waals surface area contributed by atoms with Crippen molar-refractivity contribution < 1.29 is 41.0 Å². The van der Waals surface area contributed by atoms with Crippen LogP contribution < -0.4 is 9.64 Å². The summed E-state index contributed by atoms with van der Waals surface area (Å²) < 4.78 is 84.0. The lowest BCUT2D eigenvalue weighted by molar-refractivity contribution is -0.376. The molecular weight excluding hydrogens is 380 g/mol. The standard InChI is InChI=1S/C17H11F6NO3/c1-24-11-7-6-9(15(26,16(18,19)20)17(21,22)23)8-13(11)27-12-5-3-2-4-10(12)14(24)25/h2-8,26H,1H3. The molecular formula is C17H11F6NO3. The summed E-state index contributed by atoms with van der Waals surface area (Å²) in [5.41, 5.74) is -6.53. The number of nitrogens with zero attached hydrogens (tertiary/aromatic N) is 1. The number of amides is 1. The summed E-state index contributed by atoms with van der Waals surface area (Å²) in [6.07, 6.45) is -12.0. The number of halogens is 6. The van der Waals surface area contributed by atoms with Gasteiger partial charge in [-0.3, -0.25) is 4.79 Å². The Labute approximate surface area is 148 Å². The zero-order valence-electron chi connectivity index (χ0n) is 13.5. The van der Waals surface area contributed by atoms with Crippen LogP contribution in [0.4, 0.5) is 32.0 Å². The number of ether oxygens (including phenoxy) is 1. The number of fused-ring (bicyclic) bond motifs is 2. The molecule has 0 atom stereocenters. The molecule has 0 radical (unpaired) electrons. The molecule has 1 N–H and O–H groups in total. The average Bonchev–Trinajstić information content (AvgIpc) is 2.67. The molecule has 1 heterocycles. The van der Waals surface area contributed by atoms with Crippen LogP contribution >= 0.6 is 0 Å². The number of para-hydroxylation sites is 1. The van der Waals surface area contributed by atoms with Crippen molar-refractivity contribution in [3.8, 4) is 11.5 Å². The van der Waals surface area contributed by atoms with Gasteiger partial charge in [0.1, 0.15) is 5.75 Å². The van der Waals surface area contributed by atoms with E-state index in [2.05, 4.69) is 0 Å². The Bertz CT molecular complexity index is 892. The van der Waals surface area contributed by atoms with Gasteiger partial charge in [0.25, 0.3) is 11.5 Å². The zero-order chi connectivity index (χ0) is 20.2. The number of hydrogen-bond donors (Lipinski definition) is 1. The molecule has 0 unspecified atom stereocenters. The van der Waals surface area contributed by atoms with E-state index in [4.69, 9.17) is 4.74 Å². The van der Waals surface area contributed by atoms with Crippen molar-refractivity contribution in [3.63, 3.8) is 0 Å².